The summed E-state index contributed by atoms with van der Waals surface area (Å²) in [6, 6.07) is 26.0. The monoisotopic (exact) mass is 493 g/mol. The molecule has 3 aromatic carbocycles. The predicted octanol–water partition coefficient (Wildman–Crippen LogP) is 5.80. The zero-order chi connectivity index (χ0) is 25.6. The largest absolute Gasteiger partial charge is 0.481 e. The Balaban J connectivity index is 1.36. The van der Waals surface area contributed by atoms with Gasteiger partial charge in [0.05, 0.1) is 22.4 Å². The quantitative estimate of drug-likeness (QED) is 0.298. The summed E-state index contributed by atoms with van der Waals surface area (Å²) in [6.45, 7) is 1.53. The van der Waals surface area contributed by atoms with Gasteiger partial charge < -0.3 is 10.0 Å². The number of hydrogen-bond donors (Lipinski definition) is 1. The molecule has 1 aliphatic rings. The molecule has 1 saturated heterocycles. The minimum absolute atomic E-state index is 0.0365. The summed E-state index contributed by atoms with van der Waals surface area (Å²) in [5.41, 5.74) is 6.00. The van der Waals surface area contributed by atoms with E-state index in [9.17, 15) is 9.59 Å². The number of aryl methyl sites for hydroxylation is 1. The number of carboxylic acids is 1. The maximum atomic E-state index is 13.4. The highest BCUT2D eigenvalue weighted by Crippen LogP contribution is 2.27. The lowest BCUT2D eigenvalue weighted by Gasteiger charge is -2.17. The first kappa shape index (κ1) is 24.6. The summed E-state index contributed by atoms with van der Waals surface area (Å²) < 4.78 is 0. The van der Waals surface area contributed by atoms with E-state index in [4.69, 9.17) is 15.1 Å². The number of fused-ring (bicyclic) bond motifs is 1. The van der Waals surface area contributed by atoms with Gasteiger partial charge in [-0.25, -0.2) is 9.97 Å². The third-order valence-electron chi connectivity index (χ3n) is 7.03. The van der Waals surface area contributed by atoms with Crippen molar-refractivity contribution in [1.29, 1.82) is 0 Å². The van der Waals surface area contributed by atoms with Crippen LogP contribution in [-0.2, 0) is 17.6 Å². The maximum Gasteiger partial charge on any atom is 0.303 e. The average Bonchev–Trinajstić information content (AvgIpc) is 3.39. The van der Waals surface area contributed by atoms with E-state index in [2.05, 4.69) is 24.3 Å². The number of carbonyl (C=O) groups is 2. The molecule has 2 heterocycles. The standard InChI is InChI=1S/C31H31N3O3/c35-29(36)14-8-7-13-27-30(24-11-5-2-6-12-24)33-26-16-15-25(20-28(26)32-27)31(37)34-18-17-23(21-34)19-22-9-3-1-4-10-22/h1-6,9-12,15-16,20,23H,7-8,13-14,17-19,21H2,(H,35,36)/t23-/m0/s1. The van der Waals surface area contributed by atoms with Crippen molar-refractivity contribution in [3.63, 3.8) is 0 Å². The fourth-order valence-corrected chi connectivity index (χ4v) is 5.11. The minimum Gasteiger partial charge on any atom is -0.481 e. The van der Waals surface area contributed by atoms with Gasteiger partial charge in [-0.1, -0.05) is 60.7 Å². The van der Waals surface area contributed by atoms with Crippen molar-refractivity contribution in [2.75, 3.05) is 13.1 Å². The lowest BCUT2D eigenvalue weighted by molar-refractivity contribution is -0.137. The van der Waals surface area contributed by atoms with Gasteiger partial charge in [0.25, 0.3) is 5.91 Å². The van der Waals surface area contributed by atoms with Crippen molar-refractivity contribution in [1.82, 2.24) is 14.9 Å². The molecular formula is C31H31N3O3. The van der Waals surface area contributed by atoms with Gasteiger partial charge in [0.15, 0.2) is 0 Å². The highest BCUT2D eigenvalue weighted by atomic mass is 16.4. The molecule has 37 heavy (non-hydrogen) atoms. The second kappa shape index (κ2) is 11.3. The van der Waals surface area contributed by atoms with Crippen molar-refractivity contribution in [2.45, 2.75) is 38.5 Å². The summed E-state index contributed by atoms with van der Waals surface area (Å²) >= 11 is 0. The average molecular weight is 494 g/mol. The molecule has 1 N–H and O–H groups in total. The van der Waals surface area contributed by atoms with Crippen LogP contribution in [0.3, 0.4) is 0 Å². The number of benzene rings is 3. The highest BCUT2D eigenvalue weighted by molar-refractivity contribution is 5.97. The van der Waals surface area contributed by atoms with Gasteiger partial charge in [-0.2, -0.15) is 0 Å². The van der Waals surface area contributed by atoms with E-state index in [0.717, 1.165) is 48.4 Å². The molecule has 5 rings (SSSR count). The van der Waals surface area contributed by atoms with Crippen LogP contribution >= 0.6 is 0 Å². The first-order valence-electron chi connectivity index (χ1n) is 13.0. The molecule has 6 heteroatoms. The molecule has 4 aromatic rings. The van der Waals surface area contributed by atoms with E-state index in [1.807, 2.05) is 59.5 Å². The number of likely N-dealkylation sites (tertiary alicyclic amines) is 1. The van der Waals surface area contributed by atoms with Gasteiger partial charge in [-0.05, 0) is 61.8 Å². The fourth-order valence-electron chi connectivity index (χ4n) is 5.11. The van der Waals surface area contributed by atoms with Gasteiger partial charge >= 0.3 is 5.97 Å². The van der Waals surface area contributed by atoms with Crippen LogP contribution in [0.25, 0.3) is 22.3 Å². The van der Waals surface area contributed by atoms with E-state index in [-0.39, 0.29) is 12.3 Å². The number of unbranched alkanes of at least 4 members (excludes halogenated alkanes) is 1. The molecular weight excluding hydrogens is 462 g/mol. The van der Waals surface area contributed by atoms with E-state index < -0.39 is 5.97 Å². The Morgan fingerprint density at radius 1 is 0.892 bits per heavy atom. The molecule has 188 valence electrons. The van der Waals surface area contributed by atoms with Crippen LogP contribution in [0.4, 0.5) is 0 Å². The number of hydrogen-bond acceptors (Lipinski definition) is 4. The zero-order valence-corrected chi connectivity index (χ0v) is 20.8. The van der Waals surface area contributed by atoms with Crippen molar-refractivity contribution in [3.05, 3.63) is 95.7 Å². The number of nitrogens with zero attached hydrogens (tertiary/aromatic N) is 3. The van der Waals surface area contributed by atoms with Gasteiger partial charge in [-0.3, -0.25) is 9.59 Å². The van der Waals surface area contributed by atoms with Gasteiger partial charge in [0.2, 0.25) is 0 Å². The number of rotatable bonds is 9. The summed E-state index contributed by atoms with van der Waals surface area (Å²) in [6.07, 6.45) is 4.06. The molecule has 0 aliphatic carbocycles. The van der Waals surface area contributed by atoms with E-state index >= 15 is 0 Å². The Kier molecular flexibility index (Phi) is 7.54. The van der Waals surface area contributed by atoms with Crippen LogP contribution in [0.1, 0.15) is 47.3 Å². The molecule has 0 bridgehead atoms. The number of aliphatic carboxylic acids is 1. The molecule has 0 spiro atoms. The summed E-state index contributed by atoms with van der Waals surface area (Å²) in [5, 5.41) is 8.98. The van der Waals surface area contributed by atoms with Crippen molar-refractivity contribution in [2.24, 2.45) is 5.92 Å². The van der Waals surface area contributed by atoms with Crippen LogP contribution in [-0.4, -0.2) is 44.9 Å². The minimum atomic E-state index is -0.788. The molecule has 6 nitrogen and oxygen atoms in total. The number of carbonyl (C=O) groups excluding carboxylic acids is 1. The Hall–Kier alpha value is -4.06. The van der Waals surface area contributed by atoms with Crippen molar-refractivity contribution >= 4 is 22.9 Å². The van der Waals surface area contributed by atoms with Crippen molar-refractivity contribution < 1.29 is 14.7 Å². The summed E-state index contributed by atoms with van der Waals surface area (Å²) in [5.74, 6) is -0.282. The maximum absolute atomic E-state index is 13.4. The second-order valence-electron chi connectivity index (χ2n) is 9.78. The number of amides is 1. The second-order valence-corrected chi connectivity index (χ2v) is 9.78. The van der Waals surface area contributed by atoms with E-state index in [1.54, 1.807) is 0 Å². The molecule has 0 saturated carbocycles. The van der Waals surface area contributed by atoms with Crippen LogP contribution in [0, 0.1) is 5.92 Å². The first-order chi connectivity index (χ1) is 18.1. The Bertz CT molecular complexity index is 1390. The molecule has 1 aromatic heterocycles. The molecule has 0 unspecified atom stereocenters. The predicted molar refractivity (Wildman–Crippen MR) is 144 cm³/mol. The SMILES string of the molecule is O=C(O)CCCCc1nc2cc(C(=O)N3CC[C@@H](Cc4ccccc4)C3)ccc2nc1-c1ccccc1. The van der Waals surface area contributed by atoms with Crippen LogP contribution < -0.4 is 0 Å². The number of aromatic nitrogens is 2. The lowest BCUT2D eigenvalue weighted by Crippen LogP contribution is -2.29. The molecule has 1 fully saturated rings. The highest BCUT2D eigenvalue weighted by Gasteiger charge is 2.27. The van der Waals surface area contributed by atoms with Crippen LogP contribution in [0.5, 0.6) is 0 Å². The van der Waals surface area contributed by atoms with Crippen molar-refractivity contribution in [3.8, 4) is 11.3 Å². The summed E-state index contributed by atoms with van der Waals surface area (Å²) in [4.78, 5) is 36.1. The Morgan fingerprint density at radius 3 is 2.41 bits per heavy atom. The molecule has 0 radical (unpaired) electrons. The Labute approximate surface area is 217 Å². The van der Waals surface area contributed by atoms with Crippen LogP contribution in [0.2, 0.25) is 0 Å². The molecule has 1 atom stereocenters. The van der Waals surface area contributed by atoms with Crippen LogP contribution in [0.15, 0.2) is 78.9 Å². The summed E-state index contributed by atoms with van der Waals surface area (Å²) in [7, 11) is 0. The molecule has 1 amide bonds. The smallest absolute Gasteiger partial charge is 0.303 e. The normalized spacial score (nSPS) is 15.2. The third-order valence-corrected chi connectivity index (χ3v) is 7.03. The van der Waals surface area contributed by atoms with E-state index in [1.165, 1.54) is 5.56 Å². The topological polar surface area (TPSA) is 83.4 Å². The van der Waals surface area contributed by atoms with Gasteiger partial charge in [-0.15, -0.1) is 0 Å². The molecule has 1 aliphatic heterocycles. The Morgan fingerprint density at radius 2 is 1.65 bits per heavy atom. The zero-order valence-electron chi connectivity index (χ0n) is 20.8. The first-order valence-corrected chi connectivity index (χ1v) is 13.0. The van der Waals surface area contributed by atoms with Gasteiger partial charge in [0.1, 0.15) is 0 Å². The fraction of sp³-hybridized carbons (Fsp3) is 0.290. The number of carboxylic acid groups (broad SMARTS) is 1. The van der Waals surface area contributed by atoms with E-state index in [0.29, 0.717) is 36.3 Å². The lowest BCUT2D eigenvalue weighted by atomic mass is 9.99. The van der Waals surface area contributed by atoms with Gasteiger partial charge in [0, 0.05) is 30.6 Å². The third kappa shape index (κ3) is 6.02.